The van der Waals surface area contributed by atoms with Gasteiger partial charge in [0.05, 0.1) is 0 Å². The maximum atomic E-state index is 12.8. The summed E-state index contributed by atoms with van der Waals surface area (Å²) >= 11 is 0. The number of hydrogen-bond donors (Lipinski definition) is 1. The van der Waals surface area contributed by atoms with Crippen LogP contribution < -0.4 is 5.32 Å². The summed E-state index contributed by atoms with van der Waals surface area (Å²) in [6.45, 7) is 9.47. The van der Waals surface area contributed by atoms with Gasteiger partial charge in [0.25, 0.3) is 0 Å². The summed E-state index contributed by atoms with van der Waals surface area (Å²) in [4.78, 5) is 0.333. The van der Waals surface area contributed by atoms with E-state index in [1.165, 1.54) is 4.31 Å². The zero-order chi connectivity index (χ0) is 16.0. The van der Waals surface area contributed by atoms with Crippen molar-refractivity contribution in [2.45, 2.75) is 58.4 Å². The third-order valence-corrected chi connectivity index (χ3v) is 5.67. The van der Waals surface area contributed by atoms with E-state index in [0.717, 1.165) is 31.4 Å². The summed E-state index contributed by atoms with van der Waals surface area (Å²) in [5.74, 6) is 1.15. The fourth-order valence-electron chi connectivity index (χ4n) is 2.36. The van der Waals surface area contributed by atoms with Gasteiger partial charge in [-0.15, -0.1) is 0 Å². The van der Waals surface area contributed by atoms with Crippen molar-refractivity contribution in [2.75, 3.05) is 20.1 Å². The highest BCUT2D eigenvalue weighted by Gasteiger charge is 2.29. The van der Waals surface area contributed by atoms with Gasteiger partial charge in [-0.25, -0.2) is 12.7 Å². The molecule has 0 bridgehead atoms. The van der Waals surface area contributed by atoms with Crippen molar-refractivity contribution in [3.8, 4) is 0 Å². The van der Waals surface area contributed by atoms with Crippen molar-refractivity contribution in [3.05, 3.63) is 17.1 Å². The number of rotatable bonds is 9. The van der Waals surface area contributed by atoms with Gasteiger partial charge in [0.1, 0.15) is 16.4 Å². The summed E-state index contributed by atoms with van der Waals surface area (Å²) < 4.78 is 32.6. The number of aryl methyl sites for hydroxylation is 2. The molecule has 0 aliphatic heterocycles. The van der Waals surface area contributed by atoms with Crippen LogP contribution in [0.2, 0.25) is 0 Å². The Morgan fingerprint density at radius 1 is 1.14 bits per heavy atom. The van der Waals surface area contributed by atoms with E-state index in [1.807, 2.05) is 13.8 Å². The maximum absolute atomic E-state index is 12.8. The molecule has 1 rings (SSSR count). The summed E-state index contributed by atoms with van der Waals surface area (Å²) in [6, 6.07) is 0. The van der Waals surface area contributed by atoms with Gasteiger partial charge in [0.2, 0.25) is 10.0 Å². The zero-order valence-electron chi connectivity index (χ0n) is 13.8. The average molecular weight is 316 g/mol. The lowest BCUT2D eigenvalue weighted by atomic mass is 10.2. The predicted molar refractivity (Wildman–Crippen MR) is 84.9 cm³/mol. The summed E-state index contributed by atoms with van der Waals surface area (Å²) in [5, 5.41) is 3.18. The fourth-order valence-corrected chi connectivity index (χ4v) is 3.98. The molecule has 0 radical (unpaired) electrons. The molecule has 0 amide bonds. The maximum Gasteiger partial charge on any atom is 0.246 e. The van der Waals surface area contributed by atoms with Gasteiger partial charge < -0.3 is 9.73 Å². The minimum Gasteiger partial charge on any atom is -0.465 e. The average Bonchev–Trinajstić information content (AvgIpc) is 2.71. The Morgan fingerprint density at radius 3 is 2.38 bits per heavy atom. The van der Waals surface area contributed by atoms with Gasteiger partial charge in [-0.2, -0.15) is 0 Å². The van der Waals surface area contributed by atoms with Gasteiger partial charge in [-0.3, -0.25) is 0 Å². The molecular formula is C15H28N2O3S. The van der Waals surface area contributed by atoms with Crippen LogP contribution in [0.15, 0.2) is 9.31 Å². The van der Waals surface area contributed by atoms with Crippen LogP contribution in [0.1, 0.15) is 50.2 Å². The second-order valence-electron chi connectivity index (χ2n) is 5.34. The van der Waals surface area contributed by atoms with Crippen LogP contribution in [0.25, 0.3) is 0 Å². The quantitative estimate of drug-likeness (QED) is 0.712. The molecule has 1 N–H and O–H groups in total. The van der Waals surface area contributed by atoms with E-state index >= 15 is 0 Å². The Balaban J connectivity index is 3.06. The third-order valence-electron chi connectivity index (χ3n) is 3.62. The van der Waals surface area contributed by atoms with Crippen LogP contribution in [-0.4, -0.2) is 32.9 Å². The SMILES string of the molecule is CCCCCN(C)S(=O)(=O)c1c(C)oc(C)c1CNCC. The summed E-state index contributed by atoms with van der Waals surface area (Å²) in [7, 11) is -1.85. The van der Waals surface area contributed by atoms with Crippen molar-refractivity contribution >= 4 is 10.0 Å². The van der Waals surface area contributed by atoms with Crippen molar-refractivity contribution in [1.29, 1.82) is 0 Å². The first-order chi connectivity index (χ1) is 9.86. The minimum absolute atomic E-state index is 0.333. The lowest BCUT2D eigenvalue weighted by molar-refractivity contribution is 0.449. The van der Waals surface area contributed by atoms with Gasteiger partial charge in [0.15, 0.2) is 0 Å². The zero-order valence-corrected chi connectivity index (χ0v) is 14.6. The molecule has 0 saturated heterocycles. The Kier molecular flexibility index (Phi) is 6.90. The van der Waals surface area contributed by atoms with E-state index in [-0.39, 0.29) is 0 Å². The van der Waals surface area contributed by atoms with E-state index in [9.17, 15) is 8.42 Å². The van der Waals surface area contributed by atoms with Crippen molar-refractivity contribution < 1.29 is 12.8 Å². The summed E-state index contributed by atoms with van der Waals surface area (Å²) in [5.41, 5.74) is 0.747. The van der Waals surface area contributed by atoms with Crippen LogP contribution in [0.5, 0.6) is 0 Å². The lowest BCUT2D eigenvalue weighted by Gasteiger charge is -2.17. The minimum atomic E-state index is -3.49. The first-order valence-electron chi connectivity index (χ1n) is 7.62. The lowest BCUT2D eigenvalue weighted by Crippen LogP contribution is -2.29. The van der Waals surface area contributed by atoms with Gasteiger partial charge in [0, 0.05) is 25.7 Å². The fraction of sp³-hybridized carbons (Fsp3) is 0.733. The Hall–Kier alpha value is -0.850. The van der Waals surface area contributed by atoms with E-state index in [0.29, 0.717) is 29.5 Å². The number of nitrogens with zero attached hydrogens (tertiary/aromatic N) is 1. The predicted octanol–water partition coefficient (Wildman–Crippen LogP) is 2.82. The monoisotopic (exact) mass is 316 g/mol. The first-order valence-corrected chi connectivity index (χ1v) is 9.06. The third kappa shape index (κ3) is 4.31. The summed E-state index contributed by atoms with van der Waals surface area (Å²) in [6.07, 6.45) is 2.99. The number of nitrogens with one attached hydrogen (secondary N) is 1. The molecule has 1 aromatic heterocycles. The van der Waals surface area contributed by atoms with Gasteiger partial charge in [-0.05, 0) is 26.8 Å². The molecule has 1 heterocycles. The molecule has 0 aliphatic rings. The molecule has 0 aliphatic carbocycles. The molecule has 0 saturated carbocycles. The van der Waals surface area contributed by atoms with Gasteiger partial charge >= 0.3 is 0 Å². The highest BCUT2D eigenvalue weighted by Crippen LogP contribution is 2.28. The second kappa shape index (κ2) is 7.96. The van der Waals surface area contributed by atoms with Crippen LogP contribution in [0.4, 0.5) is 0 Å². The molecule has 0 unspecified atom stereocenters. The van der Waals surface area contributed by atoms with Crippen LogP contribution in [0.3, 0.4) is 0 Å². The molecule has 122 valence electrons. The molecule has 6 heteroatoms. The van der Waals surface area contributed by atoms with E-state index < -0.39 is 10.0 Å². The second-order valence-corrected chi connectivity index (χ2v) is 7.32. The topological polar surface area (TPSA) is 62.6 Å². The van der Waals surface area contributed by atoms with Crippen molar-refractivity contribution in [3.63, 3.8) is 0 Å². The largest absolute Gasteiger partial charge is 0.465 e. The Morgan fingerprint density at radius 2 is 1.81 bits per heavy atom. The van der Waals surface area contributed by atoms with E-state index in [2.05, 4.69) is 12.2 Å². The highest BCUT2D eigenvalue weighted by atomic mass is 32.2. The van der Waals surface area contributed by atoms with Crippen LogP contribution in [0, 0.1) is 13.8 Å². The molecule has 0 atom stereocenters. The number of sulfonamides is 1. The van der Waals surface area contributed by atoms with Gasteiger partial charge in [-0.1, -0.05) is 26.7 Å². The van der Waals surface area contributed by atoms with E-state index in [4.69, 9.17) is 4.42 Å². The molecule has 1 aromatic rings. The van der Waals surface area contributed by atoms with Crippen molar-refractivity contribution in [2.24, 2.45) is 0 Å². The highest BCUT2D eigenvalue weighted by molar-refractivity contribution is 7.89. The van der Waals surface area contributed by atoms with Crippen LogP contribution in [-0.2, 0) is 16.6 Å². The number of furan rings is 1. The standard InChI is InChI=1S/C15H28N2O3S/c1-6-8-9-10-17(5)21(18,19)15-13(4)20-12(3)14(15)11-16-7-2/h16H,6-11H2,1-5H3. The number of unbranched alkanes of at least 4 members (excludes halogenated alkanes) is 2. The van der Waals surface area contributed by atoms with Crippen molar-refractivity contribution in [1.82, 2.24) is 9.62 Å². The van der Waals surface area contributed by atoms with Crippen LogP contribution >= 0.6 is 0 Å². The molecule has 0 spiro atoms. The molecule has 21 heavy (non-hydrogen) atoms. The van der Waals surface area contributed by atoms with E-state index in [1.54, 1.807) is 14.0 Å². The molecule has 0 fully saturated rings. The normalized spacial score (nSPS) is 12.3. The molecule has 5 nitrogen and oxygen atoms in total. The molecule has 0 aromatic carbocycles. The Bertz CT molecular complexity index is 550. The number of hydrogen-bond acceptors (Lipinski definition) is 4. The molecular weight excluding hydrogens is 288 g/mol. The Labute approximate surface area is 128 Å². The first kappa shape index (κ1) is 18.2. The smallest absolute Gasteiger partial charge is 0.246 e.